The van der Waals surface area contributed by atoms with Crippen LogP contribution in [-0.2, 0) is 29.2 Å². The number of carbonyl (C=O) groups excluding carboxylic acids is 2. The molecule has 0 radical (unpaired) electrons. The van der Waals surface area contributed by atoms with E-state index in [0.717, 1.165) is 5.57 Å². The Kier molecular flexibility index (Phi) is 10.9. The van der Waals surface area contributed by atoms with Gasteiger partial charge in [0.15, 0.2) is 0 Å². The van der Waals surface area contributed by atoms with E-state index in [0.29, 0.717) is 23.3 Å². The monoisotopic (exact) mass is 565 g/mol. The van der Waals surface area contributed by atoms with E-state index >= 15 is 0 Å². The van der Waals surface area contributed by atoms with Gasteiger partial charge in [0, 0.05) is 13.1 Å². The van der Waals surface area contributed by atoms with Gasteiger partial charge >= 0.3 is 0 Å². The number of carbonyl (C=O) groups is 2. The van der Waals surface area contributed by atoms with Crippen LogP contribution in [0.4, 0.5) is 0 Å². The summed E-state index contributed by atoms with van der Waals surface area (Å²) >= 11 is 0. The van der Waals surface area contributed by atoms with E-state index in [1.165, 1.54) is 18.7 Å². The molecule has 1 atom stereocenters. The summed E-state index contributed by atoms with van der Waals surface area (Å²) in [6.07, 6.45) is 0.623. The van der Waals surface area contributed by atoms with Crippen LogP contribution in [-0.4, -0.2) is 68.6 Å². The van der Waals surface area contributed by atoms with E-state index in [1.54, 1.807) is 58.0 Å². The molecule has 1 unspecified atom stereocenters. The molecular weight excluding hydrogens is 522 g/mol. The summed E-state index contributed by atoms with van der Waals surface area (Å²) in [6.45, 7) is 12.3. The predicted molar refractivity (Wildman–Crippen MR) is 151 cm³/mol. The molecule has 1 aliphatic rings. The topological polar surface area (TPSA) is 166 Å². The summed E-state index contributed by atoms with van der Waals surface area (Å²) < 4.78 is 34.8. The lowest BCUT2D eigenvalue weighted by atomic mass is 9.92. The van der Waals surface area contributed by atoms with Crippen LogP contribution in [0.3, 0.4) is 0 Å². The van der Waals surface area contributed by atoms with Gasteiger partial charge in [-0.3, -0.25) is 9.59 Å². The van der Waals surface area contributed by atoms with Crippen molar-refractivity contribution in [3.8, 4) is 0 Å². The van der Waals surface area contributed by atoms with Crippen molar-refractivity contribution in [3.05, 3.63) is 52.8 Å². The summed E-state index contributed by atoms with van der Waals surface area (Å²) in [5.41, 5.74) is 5.68. The van der Waals surface area contributed by atoms with Gasteiger partial charge in [-0.25, -0.2) is 13.1 Å². The second-order valence-corrected chi connectivity index (χ2v) is 12.3. The molecule has 0 aliphatic carbocycles. The highest BCUT2D eigenvalue weighted by molar-refractivity contribution is 7.99. The summed E-state index contributed by atoms with van der Waals surface area (Å²) in [4.78, 5) is 33.0. The van der Waals surface area contributed by atoms with E-state index in [2.05, 4.69) is 10.0 Å². The van der Waals surface area contributed by atoms with Crippen molar-refractivity contribution in [1.82, 2.24) is 14.9 Å². The third kappa shape index (κ3) is 8.12. The molecule has 0 spiro atoms. The number of rotatable bonds is 13. The Morgan fingerprint density at radius 3 is 2.31 bits per heavy atom. The second kappa shape index (κ2) is 13.1. The van der Waals surface area contributed by atoms with Gasteiger partial charge in [-0.15, -0.1) is 0 Å². The molecule has 39 heavy (non-hydrogen) atoms. The molecule has 0 fully saturated rings. The maximum atomic E-state index is 13.8. The number of nitrogens with two attached hydrogens (primary N) is 2. The Bertz CT molecular complexity index is 1200. The minimum absolute atomic E-state index is 0.0252. The Morgan fingerprint density at radius 2 is 1.79 bits per heavy atom. The van der Waals surface area contributed by atoms with Crippen molar-refractivity contribution in [1.29, 1.82) is 0 Å². The van der Waals surface area contributed by atoms with Gasteiger partial charge in [-0.1, -0.05) is 37.3 Å². The molecule has 12 heteroatoms. The maximum Gasteiger partial charge on any atom is 0.247 e. The lowest BCUT2D eigenvalue weighted by molar-refractivity contribution is -0.138. The number of benzene rings is 1. The first-order chi connectivity index (χ1) is 18.1. The number of allylic oxidation sites excluding steroid dienone is 1. The van der Waals surface area contributed by atoms with Gasteiger partial charge in [0.2, 0.25) is 21.8 Å². The number of sulfonamides is 1. The minimum atomic E-state index is -3.82. The zero-order valence-electron chi connectivity index (χ0n) is 24.0. The molecule has 0 aromatic heterocycles. The predicted octanol–water partition coefficient (Wildman–Crippen LogP) is 1.77. The van der Waals surface area contributed by atoms with Gasteiger partial charge < -0.3 is 25.5 Å². The summed E-state index contributed by atoms with van der Waals surface area (Å²) in [6, 6.07) is 7.71. The van der Waals surface area contributed by atoms with E-state index in [4.69, 9.17) is 21.2 Å². The van der Waals surface area contributed by atoms with Crippen molar-refractivity contribution >= 4 is 26.7 Å². The average molecular weight is 566 g/mol. The molecule has 0 saturated carbocycles. The fourth-order valence-corrected chi connectivity index (χ4v) is 6.18. The van der Waals surface area contributed by atoms with Crippen LogP contribution in [0.5, 0.6) is 0 Å². The van der Waals surface area contributed by atoms with E-state index in [9.17, 15) is 18.0 Å². The van der Waals surface area contributed by atoms with Crippen molar-refractivity contribution in [3.63, 3.8) is 0 Å². The number of amides is 2. The molecule has 11 nitrogen and oxygen atoms in total. The van der Waals surface area contributed by atoms with Gasteiger partial charge in [-0.2, -0.15) is 5.90 Å². The highest BCUT2D eigenvalue weighted by Gasteiger charge is 2.44. The van der Waals surface area contributed by atoms with E-state index in [1.807, 2.05) is 6.92 Å². The molecule has 2 amide bonds. The first-order valence-electron chi connectivity index (χ1n) is 12.9. The third-order valence-corrected chi connectivity index (χ3v) is 8.41. The zero-order chi connectivity index (χ0) is 29.6. The number of hydrogen-bond acceptors (Lipinski definition) is 8. The van der Waals surface area contributed by atoms with Crippen LogP contribution in [0.1, 0.15) is 60.5 Å². The highest BCUT2D eigenvalue weighted by atomic mass is 32.2. The van der Waals surface area contributed by atoms with Gasteiger partial charge in [-0.05, 0) is 64.7 Å². The molecule has 1 heterocycles. The molecule has 0 bridgehead atoms. The number of likely N-dealkylation sites (N-methyl/N-ethyl adjacent to an activating group) is 1. The molecule has 1 aliphatic heterocycles. The standard InChI is InChI=1S/C27H43N5O6S/c1-8-19(18(3)38-29)16-37-17-22(30-25(34)26(4,5)28)24(33)32(9-2)15-21-23(20-13-11-10-12-14-20)39(35,36)31-27(21,6)7/h10-14,22,31H,8-9,15-17,28-29H2,1-7H3,(H,30,34)/b19-18+. The number of ether oxygens (including phenoxy) is 1. The average Bonchev–Trinajstić information content (AvgIpc) is 3.05. The first-order valence-corrected chi connectivity index (χ1v) is 14.4. The van der Waals surface area contributed by atoms with Crippen LogP contribution in [0, 0.1) is 0 Å². The minimum Gasteiger partial charge on any atom is -0.416 e. The summed E-state index contributed by atoms with van der Waals surface area (Å²) in [7, 11) is -3.82. The molecule has 218 valence electrons. The van der Waals surface area contributed by atoms with E-state index < -0.39 is 39.0 Å². The van der Waals surface area contributed by atoms with Crippen LogP contribution >= 0.6 is 0 Å². The quantitative estimate of drug-likeness (QED) is 0.207. The molecule has 2 rings (SSSR count). The normalized spacial score (nSPS) is 17.9. The van der Waals surface area contributed by atoms with Gasteiger partial charge in [0.1, 0.15) is 11.8 Å². The Balaban J connectivity index is 2.42. The summed E-state index contributed by atoms with van der Waals surface area (Å²) in [5, 5.41) is 2.71. The zero-order valence-corrected chi connectivity index (χ0v) is 24.8. The lowest BCUT2D eigenvalue weighted by Crippen LogP contribution is -2.58. The van der Waals surface area contributed by atoms with Crippen molar-refractivity contribution in [2.24, 2.45) is 11.6 Å². The number of nitrogens with zero attached hydrogens (tertiary/aromatic N) is 1. The molecule has 0 saturated heterocycles. The van der Waals surface area contributed by atoms with Crippen LogP contribution in [0.2, 0.25) is 0 Å². The largest absolute Gasteiger partial charge is 0.416 e. The van der Waals surface area contributed by atoms with E-state index in [-0.39, 0.29) is 31.2 Å². The van der Waals surface area contributed by atoms with Gasteiger partial charge in [0.25, 0.3) is 0 Å². The molecule has 1 aromatic rings. The van der Waals surface area contributed by atoms with Crippen molar-refractivity contribution in [2.45, 2.75) is 72.0 Å². The smallest absolute Gasteiger partial charge is 0.247 e. The van der Waals surface area contributed by atoms with Gasteiger partial charge in [0.05, 0.1) is 29.2 Å². The van der Waals surface area contributed by atoms with Crippen LogP contribution < -0.4 is 21.7 Å². The third-order valence-electron chi connectivity index (χ3n) is 6.62. The lowest BCUT2D eigenvalue weighted by Gasteiger charge is -2.32. The van der Waals surface area contributed by atoms with Crippen LogP contribution in [0.25, 0.3) is 4.91 Å². The Labute approximate surface area is 232 Å². The fourth-order valence-electron chi connectivity index (χ4n) is 4.19. The maximum absolute atomic E-state index is 13.8. The molecule has 1 aromatic carbocycles. The second-order valence-electron chi connectivity index (χ2n) is 10.7. The SMILES string of the molecule is CC/C(COCC(NC(=O)C(C)(C)N)C(=O)N(CC)CC1=C(c2ccccc2)S(=O)(=O)NC1(C)C)=C(/C)ON. The number of hydrogen-bond donors (Lipinski definition) is 4. The number of nitrogens with one attached hydrogen (secondary N) is 2. The Morgan fingerprint density at radius 1 is 1.18 bits per heavy atom. The first kappa shape index (κ1) is 32.4. The molecular formula is C27H43N5O6S. The fraction of sp³-hybridized carbons (Fsp3) is 0.556. The molecule has 6 N–H and O–H groups in total. The van der Waals surface area contributed by atoms with Crippen molar-refractivity contribution < 1.29 is 27.6 Å². The Hall–Kier alpha value is -2.77. The highest BCUT2D eigenvalue weighted by Crippen LogP contribution is 2.38. The van der Waals surface area contributed by atoms with Crippen molar-refractivity contribution in [2.75, 3.05) is 26.3 Å². The van der Waals surface area contributed by atoms with Crippen LogP contribution in [0.15, 0.2) is 47.2 Å². The summed E-state index contributed by atoms with van der Waals surface area (Å²) in [5.74, 6) is 4.84.